The fraction of sp³-hybridized carbons (Fsp3) is 0.235. The molecule has 1 atom stereocenters. The molecule has 0 fully saturated rings. The lowest BCUT2D eigenvalue weighted by Crippen LogP contribution is -2.24. The predicted molar refractivity (Wildman–Crippen MR) is 91.3 cm³/mol. The third-order valence-electron chi connectivity index (χ3n) is 3.07. The second-order valence-electron chi connectivity index (χ2n) is 5.02. The van der Waals surface area contributed by atoms with Gasteiger partial charge in [-0.2, -0.15) is 13.2 Å². The van der Waals surface area contributed by atoms with Crippen molar-refractivity contribution in [1.29, 1.82) is 0 Å². The first-order valence-electron chi connectivity index (χ1n) is 7.60. The van der Waals surface area contributed by atoms with Gasteiger partial charge in [0.05, 0.1) is 0 Å². The van der Waals surface area contributed by atoms with Gasteiger partial charge in [-0.15, -0.1) is 0 Å². The average Bonchev–Trinajstić information content (AvgIpc) is 2.63. The van der Waals surface area contributed by atoms with E-state index in [0.29, 0.717) is 11.5 Å². The molecule has 0 aliphatic carbocycles. The van der Waals surface area contributed by atoms with Crippen LogP contribution >= 0.6 is 0 Å². The molecule has 0 aliphatic rings. The average molecular weight is 402 g/mol. The molecule has 6 nitrogen and oxygen atoms in total. The summed E-state index contributed by atoms with van der Waals surface area (Å²) in [6, 6.07) is 14.1. The lowest BCUT2D eigenvalue weighted by atomic mass is 10.1. The first-order valence-corrected chi connectivity index (χ1v) is 8.85. The molecule has 146 valence electrons. The van der Waals surface area contributed by atoms with Gasteiger partial charge in [-0.25, -0.2) is 0 Å². The molecule has 2 aromatic rings. The largest absolute Gasteiger partial charge is 0.770 e. The summed E-state index contributed by atoms with van der Waals surface area (Å²) < 4.78 is 70.6. The number of alkyl halides is 3. The maximum atomic E-state index is 13.0. The lowest BCUT2D eigenvalue weighted by Gasteiger charge is -2.12. The Morgan fingerprint density at radius 1 is 0.963 bits per heavy atom. The van der Waals surface area contributed by atoms with Crippen molar-refractivity contribution in [1.82, 2.24) is 0 Å². The summed E-state index contributed by atoms with van der Waals surface area (Å²) in [5.41, 5.74) is -1.63. The molecule has 0 spiro atoms. The molecule has 0 heterocycles. The SMILES string of the molecule is O=S([O-])CON=C(c1ccc(OCCOc2ccccc2)cc1)C(F)(F)F. The summed E-state index contributed by atoms with van der Waals surface area (Å²) in [5, 5.41) is 2.88. The lowest BCUT2D eigenvalue weighted by molar-refractivity contribution is -0.0610. The quantitative estimate of drug-likeness (QED) is 0.278. The van der Waals surface area contributed by atoms with Crippen molar-refractivity contribution in [2.75, 3.05) is 19.2 Å². The van der Waals surface area contributed by atoms with Crippen LogP contribution < -0.4 is 9.47 Å². The van der Waals surface area contributed by atoms with Gasteiger partial charge in [0.2, 0.25) is 0 Å². The third-order valence-corrected chi connectivity index (χ3v) is 3.36. The zero-order chi connectivity index (χ0) is 19.7. The normalized spacial score (nSPS) is 13.1. The first kappa shape index (κ1) is 20.7. The Bertz CT molecular complexity index is 766. The van der Waals surface area contributed by atoms with Gasteiger partial charge in [-0.1, -0.05) is 23.4 Å². The van der Waals surface area contributed by atoms with Crippen molar-refractivity contribution in [3.8, 4) is 11.5 Å². The van der Waals surface area contributed by atoms with Crippen molar-refractivity contribution >= 4 is 16.8 Å². The van der Waals surface area contributed by atoms with Crippen LogP contribution in [0.15, 0.2) is 59.8 Å². The number of benzene rings is 2. The number of hydrogen-bond donors (Lipinski definition) is 0. The molecule has 0 aromatic heterocycles. The van der Waals surface area contributed by atoms with E-state index in [4.69, 9.17) is 9.47 Å². The maximum Gasteiger partial charge on any atom is 0.437 e. The van der Waals surface area contributed by atoms with E-state index in [9.17, 15) is 21.9 Å². The maximum absolute atomic E-state index is 13.0. The van der Waals surface area contributed by atoms with Gasteiger partial charge in [0.15, 0.2) is 11.7 Å². The van der Waals surface area contributed by atoms with Crippen LogP contribution in [-0.4, -0.2) is 39.8 Å². The monoisotopic (exact) mass is 402 g/mol. The highest BCUT2D eigenvalue weighted by Gasteiger charge is 2.37. The highest BCUT2D eigenvalue weighted by atomic mass is 32.2. The number of oxime groups is 1. The molecule has 2 aromatic carbocycles. The van der Waals surface area contributed by atoms with Gasteiger partial charge in [0.25, 0.3) is 0 Å². The predicted octanol–water partition coefficient (Wildman–Crippen LogP) is 3.26. The summed E-state index contributed by atoms with van der Waals surface area (Å²) in [4.78, 5) is 4.20. The molecule has 27 heavy (non-hydrogen) atoms. The summed E-state index contributed by atoms with van der Waals surface area (Å²) in [6.07, 6.45) is -4.81. The van der Waals surface area contributed by atoms with Crippen LogP contribution in [0.3, 0.4) is 0 Å². The number of rotatable bonds is 9. The minimum atomic E-state index is -4.81. The Kier molecular flexibility index (Phi) is 7.62. The first-order chi connectivity index (χ1) is 12.9. The number of ether oxygens (including phenoxy) is 2. The van der Waals surface area contributed by atoms with Gasteiger partial charge in [-0.3, -0.25) is 4.21 Å². The van der Waals surface area contributed by atoms with E-state index in [0.717, 1.165) is 12.1 Å². The molecule has 0 saturated heterocycles. The highest BCUT2D eigenvalue weighted by Crippen LogP contribution is 2.24. The molecular weight excluding hydrogens is 387 g/mol. The van der Waals surface area contributed by atoms with Crippen LogP contribution in [0.25, 0.3) is 0 Å². The van der Waals surface area contributed by atoms with Gasteiger partial charge < -0.3 is 18.9 Å². The Balaban J connectivity index is 1.92. The zero-order valence-electron chi connectivity index (χ0n) is 13.8. The smallest absolute Gasteiger partial charge is 0.437 e. The van der Waals surface area contributed by atoms with Crippen LogP contribution in [0.2, 0.25) is 0 Å². The molecular formula is C17H15F3NO5S-. The Morgan fingerprint density at radius 2 is 1.52 bits per heavy atom. The van der Waals surface area contributed by atoms with Crippen molar-refractivity contribution in [2.45, 2.75) is 6.18 Å². The van der Waals surface area contributed by atoms with Gasteiger partial charge in [-0.05, 0) is 47.5 Å². The standard InChI is InChI=1S/C17H16F3NO5S/c18-17(19,20)16(21-26-12-27(22)23)13-6-8-15(9-7-13)25-11-10-24-14-4-2-1-3-5-14/h1-9H,10-12H2,(H,22,23)/p-1. The van der Waals surface area contributed by atoms with Crippen LogP contribution in [0.1, 0.15) is 5.56 Å². The minimum absolute atomic E-state index is 0.201. The van der Waals surface area contributed by atoms with Crippen molar-refractivity contribution in [2.24, 2.45) is 5.16 Å². The topological polar surface area (TPSA) is 80.2 Å². The van der Waals surface area contributed by atoms with E-state index < -0.39 is 28.9 Å². The number of hydrogen-bond acceptors (Lipinski definition) is 6. The summed E-state index contributed by atoms with van der Waals surface area (Å²) >= 11 is -2.67. The minimum Gasteiger partial charge on any atom is -0.770 e. The zero-order valence-corrected chi connectivity index (χ0v) is 14.7. The van der Waals surface area contributed by atoms with Gasteiger partial charge in [0, 0.05) is 5.56 Å². The summed E-state index contributed by atoms with van der Waals surface area (Å²) in [6.45, 7) is 0.466. The Morgan fingerprint density at radius 3 is 2.04 bits per heavy atom. The van der Waals surface area contributed by atoms with E-state index in [1.165, 1.54) is 12.1 Å². The van der Waals surface area contributed by atoms with E-state index >= 15 is 0 Å². The fourth-order valence-corrected chi connectivity index (χ4v) is 2.09. The fourth-order valence-electron chi connectivity index (χ4n) is 1.95. The molecule has 0 N–H and O–H groups in total. The summed E-state index contributed by atoms with van der Waals surface area (Å²) in [5.74, 6) is 0.0577. The summed E-state index contributed by atoms with van der Waals surface area (Å²) in [7, 11) is 0. The van der Waals surface area contributed by atoms with Gasteiger partial charge >= 0.3 is 6.18 Å². The van der Waals surface area contributed by atoms with Crippen LogP contribution in [-0.2, 0) is 15.9 Å². The van der Waals surface area contributed by atoms with Crippen molar-refractivity contribution in [3.63, 3.8) is 0 Å². The Labute approximate surface area is 155 Å². The molecule has 2 rings (SSSR count). The molecule has 0 amide bonds. The number of halogens is 3. The molecule has 0 bridgehead atoms. The van der Waals surface area contributed by atoms with E-state index in [1.54, 1.807) is 12.1 Å². The van der Waals surface area contributed by atoms with Crippen LogP contribution in [0.5, 0.6) is 11.5 Å². The van der Waals surface area contributed by atoms with Gasteiger partial charge in [0.1, 0.15) is 24.7 Å². The number of para-hydroxylation sites is 1. The molecule has 0 aliphatic heterocycles. The number of nitrogens with zero attached hydrogens (tertiary/aromatic N) is 1. The Hall–Kier alpha value is -2.59. The van der Waals surface area contributed by atoms with Crippen LogP contribution in [0, 0.1) is 0 Å². The van der Waals surface area contributed by atoms with Crippen molar-refractivity contribution < 1.29 is 36.2 Å². The van der Waals surface area contributed by atoms with Crippen LogP contribution in [0.4, 0.5) is 13.2 Å². The van der Waals surface area contributed by atoms with E-state index in [2.05, 4.69) is 9.99 Å². The molecule has 0 radical (unpaired) electrons. The van der Waals surface area contributed by atoms with Crippen molar-refractivity contribution in [3.05, 3.63) is 60.2 Å². The third kappa shape index (κ3) is 7.27. The second-order valence-corrected chi connectivity index (χ2v) is 5.87. The highest BCUT2D eigenvalue weighted by molar-refractivity contribution is 7.78. The molecule has 10 heteroatoms. The van der Waals surface area contributed by atoms with E-state index in [-0.39, 0.29) is 18.8 Å². The second kappa shape index (κ2) is 9.93. The molecule has 1 unspecified atom stereocenters. The van der Waals surface area contributed by atoms with E-state index in [1.807, 2.05) is 18.2 Å². The molecule has 0 saturated carbocycles.